The van der Waals surface area contributed by atoms with Crippen molar-refractivity contribution in [3.63, 3.8) is 0 Å². The third-order valence-electron chi connectivity index (χ3n) is 4.84. The minimum atomic E-state index is -0.449. The Labute approximate surface area is 162 Å². The van der Waals surface area contributed by atoms with Gasteiger partial charge in [-0.05, 0) is 30.7 Å². The van der Waals surface area contributed by atoms with E-state index in [2.05, 4.69) is 30.8 Å². The molecule has 2 aromatic rings. The van der Waals surface area contributed by atoms with Crippen LogP contribution in [0.1, 0.15) is 12.0 Å². The molecule has 0 spiro atoms. The Morgan fingerprint density at radius 2 is 2.11 bits per heavy atom. The molecule has 0 radical (unpaired) electrons. The third kappa shape index (κ3) is 4.49. The molecule has 0 aliphatic carbocycles. The van der Waals surface area contributed by atoms with Gasteiger partial charge in [0.25, 0.3) is 0 Å². The van der Waals surface area contributed by atoms with E-state index in [9.17, 15) is 9.59 Å². The molecular formula is C19H24N6O3. The van der Waals surface area contributed by atoms with Crippen molar-refractivity contribution in [1.29, 1.82) is 0 Å². The molecule has 4 rings (SSSR count). The number of piperazine rings is 1. The first-order valence-electron chi connectivity index (χ1n) is 9.55. The number of amides is 1. The predicted molar refractivity (Wildman–Crippen MR) is 105 cm³/mol. The fraction of sp³-hybridized carbons (Fsp3) is 0.421. The Bertz CT molecular complexity index is 907. The van der Waals surface area contributed by atoms with Gasteiger partial charge in [-0.1, -0.05) is 6.07 Å². The third-order valence-corrected chi connectivity index (χ3v) is 4.84. The lowest BCUT2D eigenvalue weighted by Gasteiger charge is -2.27. The van der Waals surface area contributed by atoms with Crippen LogP contribution in [0.4, 0.5) is 11.5 Å². The first-order chi connectivity index (χ1) is 13.7. The van der Waals surface area contributed by atoms with E-state index in [-0.39, 0.29) is 12.3 Å². The molecule has 1 fully saturated rings. The number of hydrogen-bond acceptors (Lipinski definition) is 7. The molecule has 0 saturated carbocycles. The quantitative estimate of drug-likeness (QED) is 0.460. The summed E-state index contributed by atoms with van der Waals surface area (Å²) in [5, 5.41) is 9.40. The van der Waals surface area contributed by atoms with Crippen molar-refractivity contribution < 1.29 is 9.53 Å². The molecule has 0 bridgehead atoms. The summed E-state index contributed by atoms with van der Waals surface area (Å²) in [5.41, 5.74) is 1.10. The van der Waals surface area contributed by atoms with Gasteiger partial charge in [0.15, 0.2) is 17.3 Å². The first kappa shape index (κ1) is 18.5. The highest BCUT2D eigenvalue weighted by molar-refractivity contribution is 5.80. The zero-order chi connectivity index (χ0) is 19.3. The van der Waals surface area contributed by atoms with Crippen molar-refractivity contribution in [1.82, 2.24) is 25.5 Å². The van der Waals surface area contributed by atoms with Crippen molar-refractivity contribution in [3.8, 4) is 11.5 Å². The van der Waals surface area contributed by atoms with E-state index in [4.69, 9.17) is 4.74 Å². The summed E-state index contributed by atoms with van der Waals surface area (Å²) in [6, 6.07) is 5.52. The van der Waals surface area contributed by atoms with Crippen LogP contribution in [0, 0.1) is 0 Å². The fourth-order valence-electron chi connectivity index (χ4n) is 3.38. The summed E-state index contributed by atoms with van der Waals surface area (Å²) in [6.45, 7) is 5.90. The maximum Gasteiger partial charge on any atom is 0.347 e. The monoisotopic (exact) mass is 384 g/mol. The molecule has 1 amide bonds. The fourth-order valence-corrected chi connectivity index (χ4v) is 3.38. The van der Waals surface area contributed by atoms with E-state index >= 15 is 0 Å². The van der Waals surface area contributed by atoms with E-state index in [0.717, 1.165) is 44.7 Å². The van der Waals surface area contributed by atoms with Crippen LogP contribution in [0.5, 0.6) is 11.5 Å². The lowest BCUT2D eigenvalue weighted by Crippen LogP contribution is -2.44. The van der Waals surface area contributed by atoms with Gasteiger partial charge in [0.2, 0.25) is 5.91 Å². The van der Waals surface area contributed by atoms with E-state index in [1.165, 1.54) is 6.20 Å². The van der Waals surface area contributed by atoms with E-state index in [1.807, 2.05) is 18.2 Å². The molecule has 1 saturated heterocycles. The standard InChI is InChI=1S/C19H24N6O3/c26-17(21-4-1-7-25-8-5-20-6-9-25)11-13-2-3-15-14(10-13)23-18-16(28-15)12-22-19(27)24-18/h2-3,10,12,20H,1,4-9,11H2,(H,21,26)(H2,22,23,24,27). The number of H-pyrrole nitrogens is 1. The highest BCUT2D eigenvalue weighted by atomic mass is 16.5. The van der Waals surface area contributed by atoms with Crippen molar-refractivity contribution >= 4 is 17.4 Å². The number of anilines is 2. The largest absolute Gasteiger partial charge is 0.450 e. The maximum atomic E-state index is 12.2. The second-order valence-corrected chi connectivity index (χ2v) is 6.95. The lowest BCUT2D eigenvalue weighted by atomic mass is 10.1. The Morgan fingerprint density at radius 3 is 2.96 bits per heavy atom. The Hall–Kier alpha value is -2.91. The van der Waals surface area contributed by atoms with Crippen LogP contribution < -0.4 is 26.4 Å². The molecule has 1 aromatic carbocycles. The van der Waals surface area contributed by atoms with Crippen LogP contribution in [0.15, 0.2) is 29.2 Å². The average molecular weight is 384 g/mol. The summed E-state index contributed by atoms with van der Waals surface area (Å²) in [7, 11) is 0. The molecule has 3 heterocycles. The van der Waals surface area contributed by atoms with Gasteiger partial charge >= 0.3 is 5.69 Å². The van der Waals surface area contributed by atoms with E-state index < -0.39 is 5.69 Å². The minimum Gasteiger partial charge on any atom is -0.450 e. The number of carbonyl (C=O) groups is 1. The summed E-state index contributed by atoms with van der Waals surface area (Å²) in [5.74, 6) is 1.45. The second kappa shape index (κ2) is 8.41. The minimum absolute atomic E-state index is 0.00745. The number of aromatic nitrogens is 2. The SMILES string of the molecule is O=C(Cc1ccc2c(c1)Nc1nc(=O)[nH]cc1O2)NCCCN1CCNCC1. The Kier molecular flexibility index (Phi) is 5.54. The van der Waals surface area contributed by atoms with Crippen molar-refractivity contribution in [2.24, 2.45) is 0 Å². The summed E-state index contributed by atoms with van der Waals surface area (Å²) >= 11 is 0. The van der Waals surface area contributed by atoms with Crippen LogP contribution in [0.3, 0.4) is 0 Å². The van der Waals surface area contributed by atoms with Crippen LogP contribution in [0.2, 0.25) is 0 Å². The second-order valence-electron chi connectivity index (χ2n) is 6.95. The highest BCUT2D eigenvalue weighted by Crippen LogP contribution is 2.40. The molecule has 9 heteroatoms. The molecule has 0 unspecified atom stereocenters. The van der Waals surface area contributed by atoms with Gasteiger partial charge in [0.05, 0.1) is 18.3 Å². The van der Waals surface area contributed by atoms with Crippen LogP contribution in [-0.4, -0.2) is 60.0 Å². The van der Waals surface area contributed by atoms with Gasteiger partial charge in [-0.3, -0.25) is 4.79 Å². The number of nitrogens with zero attached hydrogens (tertiary/aromatic N) is 2. The molecule has 28 heavy (non-hydrogen) atoms. The number of fused-ring (bicyclic) bond motifs is 2. The van der Waals surface area contributed by atoms with Gasteiger partial charge < -0.3 is 30.6 Å². The van der Waals surface area contributed by atoms with Gasteiger partial charge in [-0.15, -0.1) is 0 Å². The molecule has 2 aliphatic rings. The highest BCUT2D eigenvalue weighted by Gasteiger charge is 2.19. The number of benzene rings is 1. The zero-order valence-electron chi connectivity index (χ0n) is 15.6. The Morgan fingerprint density at radius 1 is 1.25 bits per heavy atom. The van der Waals surface area contributed by atoms with Crippen LogP contribution >= 0.6 is 0 Å². The average Bonchev–Trinajstić information content (AvgIpc) is 2.70. The van der Waals surface area contributed by atoms with E-state index in [0.29, 0.717) is 29.5 Å². The normalized spacial score (nSPS) is 15.7. The summed E-state index contributed by atoms with van der Waals surface area (Å²) in [6.07, 6.45) is 2.71. The Balaban J connectivity index is 1.28. The predicted octanol–water partition coefficient (Wildman–Crippen LogP) is 0.573. The number of ether oxygens (including phenoxy) is 1. The van der Waals surface area contributed by atoms with Crippen molar-refractivity contribution in [3.05, 3.63) is 40.4 Å². The number of rotatable bonds is 6. The molecule has 0 atom stereocenters. The smallest absolute Gasteiger partial charge is 0.347 e. The molecule has 2 aliphatic heterocycles. The van der Waals surface area contributed by atoms with Crippen molar-refractivity contribution in [2.75, 3.05) is 44.6 Å². The summed E-state index contributed by atoms with van der Waals surface area (Å²) in [4.78, 5) is 32.4. The lowest BCUT2D eigenvalue weighted by molar-refractivity contribution is -0.120. The van der Waals surface area contributed by atoms with Gasteiger partial charge in [0.1, 0.15) is 0 Å². The zero-order valence-corrected chi connectivity index (χ0v) is 15.6. The van der Waals surface area contributed by atoms with Crippen LogP contribution in [-0.2, 0) is 11.2 Å². The molecule has 9 nitrogen and oxygen atoms in total. The number of carbonyl (C=O) groups excluding carboxylic acids is 1. The maximum absolute atomic E-state index is 12.2. The van der Waals surface area contributed by atoms with Gasteiger partial charge in [-0.25, -0.2) is 4.79 Å². The molecule has 1 aromatic heterocycles. The number of nitrogens with one attached hydrogen (secondary N) is 4. The van der Waals surface area contributed by atoms with Crippen LogP contribution in [0.25, 0.3) is 0 Å². The number of aromatic amines is 1. The van der Waals surface area contributed by atoms with Gasteiger partial charge in [0, 0.05) is 32.7 Å². The molecular weight excluding hydrogens is 360 g/mol. The topological polar surface area (TPSA) is 111 Å². The molecule has 148 valence electrons. The number of hydrogen-bond donors (Lipinski definition) is 4. The van der Waals surface area contributed by atoms with Gasteiger partial charge in [-0.2, -0.15) is 4.98 Å². The van der Waals surface area contributed by atoms with E-state index in [1.54, 1.807) is 0 Å². The first-order valence-corrected chi connectivity index (χ1v) is 9.55. The molecule has 4 N–H and O–H groups in total. The summed E-state index contributed by atoms with van der Waals surface area (Å²) < 4.78 is 5.72. The van der Waals surface area contributed by atoms with Crippen molar-refractivity contribution in [2.45, 2.75) is 12.8 Å².